The van der Waals surface area contributed by atoms with Crippen molar-refractivity contribution >= 4 is 46.1 Å². The summed E-state index contributed by atoms with van der Waals surface area (Å²) in [6.45, 7) is 3.76. The molecular formula is C27H26Cl2FN5O4. The van der Waals surface area contributed by atoms with E-state index >= 15 is 0 Å². The zero-order chi connectivity index (χ0) is 28.1. The van der Waals surface area contributed by atoms with Gasteiger partial charge in [0.05, 0.1) is 18.2 Å². The average molecular weight is 574 g/mol. The second-order valence-electron chi connectivity index (χ2n) is 9.33. The van der Waals surface area contributed by atoms with Crippen molar-refractivity contribution in [1.29, 1.82) is 0 Å². The molecule has 0 spiro atoms. The van der Waals surface area contributed by atoms with E-state index in [4.69, 9.17) is 27.9 Å². The Balaban J connectivity index is 1.54. The highest BCUT2D eigenvalue weighted by Gasteiger charge is 2.23. The van der Waals surface area contributed by atoms with Crippen LogP contribution in [0.25, 0.3) is 22.2 Å². The molecule has 0 radical (unpaired) electrons. The lowest BCUT2D eigenvalue weighted by molar-refractivity contribution is -0.156. The number of hydrogen-bond acceptors (Lipinski definition) is 7. The standard InChI is InChI=1S/C27H26Cl2FN5O4/c1-15(2)14-39-27(38)24(36)13-35(33-26(37)18-9-21(29)25-23(10-18)31-34-32-25)12-16-3-5-17(6-4-16)20-11-19(28)7-8-22(20)30/h3-11,15,24,36H,12-14H2,1-2H3,(H,33,37)(H,31,32,34)/t24-/m1/s1. The number of carbonyl (C=O) groups is 2. The van der Waals surface area contributed by atoms with Crippen LogP contribution in [-0.4, -0.2) is 56.7 Å². The quantitative estimate of drug-likeness (QED) is 0.184. The van der Waals surface area contributed by atoms with Gasteiger partial charge in [0.25, 0.3) is 5.91 Å². The van der Waals surface area contributed by atoms with E-state index < -0.39 is 23.8 Å². The predicted molar refractivity (Wildman–Crippen MR) is 145 cm³/mol. The number of hydrogen-bond donors (Lipinski definition) is 3. The Labute approximate surface area is 233 Å². The summed E-state index contributed by atoms with van der Waals surface area (Å²) in [4.78, 5) is 25.4. The number of halogens is 3. The van der Waals surface area contributed by atoms with Gasteiger partial charge in [-0.05, 0) is 47.4 Å². The molecule has 4 aromatic rings. The number of esters is 1. The minimum Gasteiger partial charge on any atom is -0.463 e. The number of aliphatic hydroxyl groups excluding tert-OH is 1. The van der Waals surface area contributed by atoms with E-state index in [1.807, 2.05) is 13.8 Å². The highest BCUT2D eigenvalue weighted by atomic mass is 35.5. The highest BCUT2D eigenvalue weighted by Crippen LogP contribution is 2.27. The van der Waals surface area contributed by atoms with Crippen LogP contribution in [-0.2, 0) is 16.1 Å². The molecule has 1 heterocycles. The van der Waals surface area contributed by atoms with Gasteiger partial charge >= 0.3 is 5.97 Å². The number of amides is 1. The first kappa shape index (κ1) is 28.4. The van der Waals surface area contributed by atoms with E-state index in [2.05, 4.69) is 20.8 Å². The minimum absolute atomic E-state index is 0.0935. The topological polar surface area (TPSA) is 120 Å². The predicted octanol–water partition coefficient (Wildman–Crippen LogP) is 4.78. The molecule has 3 N–H and O–H groups in total. The summed E-state index contributed by atoms with van der Waals surface area (Å²) < 4.78 is 19.4. The first-order chi connectivity index (χ1) is 18.6. The molecule has 0 saturated carbocycles. The maximum Gasteiger partial charge on any atom is 0.336 e. The first-order valence-corrected chi connectivity index (χ1v) is 12.8. The molecule has 1 amide bonds. The Bertz CT molecular complexity index is 1480. The van der Waals surface area contributed by atoms with E-state index in [1.54, 1.807) is 24.3 Å². The number of fused-ring (bicyclic) bond motifs is 1. The maximum absolute atomic E-state index is 14.3. The number of carbonyl (C=O) groups excluding carboxylic acids is 2. The zero-order valence-electron chi connectivity index (χ0n) is 21.1. The fourth-order valence-electron chi connectivity index (χ4n) is 3.76. The van der Waals surface area contributed by atoms with Crippen molar-refractivity contribution < 1.29 is 23.8 Å². The largest absolute Gasteiger partial charge is 0.463 e. The number of hydrazine groups is 1. The molecule has 9 nitrogen and oxygen atoms in total. The van der Waals surface area contributed by atoms with Crippen molar-refractivity contribution in [3.63, 3.8) is 0 Å². The van der Waals surface area contributed by atoms with Crippen molar-refractivity contribution in [2.24, 2.45) is 5.92 Å². The van der Waals surface area contributed by atoms with Crippen LogP contribution in [0.15, 0.2) is 54.6 Å². The van der Waals surface area contributed by atoms with Gasteiger partial charge in [-0.3, -0.25) is 10.2 Å². The molecule has 0 fully saturated rings. The number of aromatic nitrogens is 3. The third-order valence-corrected chi connectivity index (χ3v) is 6.21. The van der Waals surface area contributed by atoms with Gasteiger partial charge in [-0.2, -0.15) is 15.4 Å². The number of benzene rings is 3. The number of H-pyrrole nitrogens is 1. The van der Waals surface area contributed by atoms with Crippen LogP contribution in [0.1, 0.15) is 29.8 Å². The molecule has 0 aliphatic rings. The van der Waals surface area contributed by atoms with E-state index in [9.17, 15) is 19.1 Å². The fourth-order valence-corrected chi connectivity index (χ4v) is 4.18. The number of ether oxygens (including phenoxy) is 1. The van der Waals surface area contributed by atoms with E-state index in [-0.39, 0.29) is 36.2 Å². The van der Waals surface area contributed by atoms with Crippen molar-refractivity contribution in [3.8, 4) is 11.1 Å². The summed E-state index contributed by atoms with van der Waals surface area (Å²) in [5.41, 5.74) is 5.42. The summed E-state index contributed by atoms with van der Waals surface area (Å²) in [5, 5.41) is 22.9. The molecule has 4 rings (SSSR count). The monoisotopic (exact) mass is 573 g/mol. The molecule has 39 heavy (non-hydrogen) atoms. The Morgan fingerprint density at radius 1 is 1.10 bits per heavy atom. The normalized spacial score (nSPS) is 12.2. The van der Waals surface area contributed by atoms with Crippen molar-refractivity contribution in [1.82, 2.24) is 25.8 Å². The summed E-state index contributed by atoms with van der Waals surface area (Å²) in [5.74, 6) is -1.66. The number of rotatable bonds is 10. The summed E-state index contributed by atoms with van der Waals surface area (Å²) >= 11 is 12.3. The van der Waals surface area contributed by atoms with Gasteiger partial charge in [0.15, 0.2) is 6.10 Å². The molecule has 1 aromatic heterocycles. The molecule has 1 atom stereocenters. The Morgan fingerprint density at radius 3 is 2.56 bits per heavy atom. The molecule has 0 aliphatic carbocycles. The maximum atomic E-state index is 14.3. The smallest absolute Gasteiger partial charge is 0.336 e. The lowest BCUT2D eigenvalue weighted by Crippen LogP contribution is -2.47. The lowest BCUT2D eigenvalue weighted by Gasteiger charge is -2.25. The SMILES string of the molecule is CC(C)COC(=O)[C@H](O)CN(Cc1ccc(-c2cc(Cl)ccc2F)cc1)NC(=O)c1cc(Cl)c2n[nH]nc2c1. The minimum atomic E-state index is -1.52. The molecule has 3 aromatic carbocycles. The highest BCUT2D eigenvalue weighted by molar-refractivity contribution is 6.35. The molecule has 12 heteroatoms. The van der Waals surface area contributed by atoms with Crippen LogP contribution in [0, 0.1) is 11.7 Å². The number of aromatic amines is 1. The second kappa shape index (κ2) is 12.5. The van der Waals surface area contributed by atoms with Gasteiger partial charge < -0.3 is 9.84 Å². The van der Waals surface area contributed by atoms with Crippen LogP contribution >= 0.6 is 23.2 Å². The van der Waals surface area contributed by atoms with E-state index in [0.29, 0.717) is 32.7 Å². The summed E-state index contributed by atoms with van der Waals surface area (Å²) in [7, 11) is 0. The van der Waals surface area contributed by atoms with Crippen molar-refractivity contribution in [2.45, 2.75) is 26.5 Å². The van der Waals surface area contributed by atoms with Crippen LogP contribution in [0.3, 0.4) is 0 Å². The van der Waals surface area contributed by atoms with Gasteiger partial charge in [0.1, 0.15) is 16.9 Å². The Kier molecular flexibility index (Phi) is 9.13. The van der Waals surface area contributed by atoms with Crippen LogP contribution in [0.5, 0.6) is 0 Å². The number of nitrogens with zero attached hydrogens (tertiary/aromatic N) is 3. The third-order valence-electron chi connectivity index (χ3n) is 5.69. The van der Waals surface area contributed by atoms with Gasteiger partial charge in [-0.1, -0.05) is 61.3 Å². The van der Waals surface area contributed by atoms with Gasteiger partial charge in [0.2, 0.25) is 0 Å². The van der Waals surface area contributed by atoms with E-state index in [0.717, 1.165) is 0 Å². The van der Waals surface area contributed by atoms with Crippen LogP contribution in [0.2, 0.25) is 10.0 Å². The molecule has 0 bridgehead atoms. The summed E-state index contributed by atoms with van der Waals surface area (Å²) in [6, 6.07) is 14.2. The van der Waals surface area contributed by atoms with Gasteiger partial charge in [0, 0.05) is 22.7 Å². The lowest BCUT2D eigenvalue weighted by atomic mass is 10.0. The fraction of sp³-hybridized carbons (Fsp3) is 0.259. The third kappa shape index (κ3) is 7.30. The number of aliphatic hydroxyl groups is 1. The first-order valence-electron chi connectivity index (χ1n) is 12.1. The zero-order valence-corrected chi connectivity index (χ0v) is 22.6. The second-order valence-corrected chi connectivity index (χ2v) is 10.2. The molecular weight excluding hydrogens is 548 g/mol. The van der Waals surface area contributed by atoms with Crippen molar-refractivity contribution in [3.05, 3.63) is 81.6 Å². The van der Waals surface area contributed by atoms with Crippen molar-refractivity contribution in [2.75, 3.05) is 13.2 Å². The summed E-state index contributed by atoms with van der Waals surface area (Å²) in [6.07, 6.45) is -1.52. The molecule has 0 aliphatic heterocycles. The molecule has 204 valence electrons. The van der Waals surface area contributed by atoms with Gasteiger partial charge in [-0.15, -0.1) is 0 Å². The molecule has 0 saturated heterocycles. The average Bonchev–Trinajstić information content (AvgIpc) is 3.38. The van der Waals surface area contributed by atoms with Crippen LogP contribution < -0.4 is 5.43 Å². The van der Waals surface area contributed by atoms with Gasteiger partial charge in [-0.25, -0.2) is 14.2 Å². The van der Waals surface area contributed by atoms with Crippen LogP contribution in [0.4, 0.5) is 4.39 Å². The Morgan fingerprint density at radius 2 is 1.85 bits per heavy atom. The van der Waals surface area contributed by atoms with E-state index in [1.165, 1.54) is 35.3 Å². The number of nitrogens with one attached hydrogen (secondary N) is 2. The Hall–Kier alpha value is -3.57. The molecule has 0 unspecified atom stereocenters.